The number of urea groups is 1. The molecule has 0 radical (unpaired) electrons. The summed E-state index contributed by atoms with van der Waals surface area (Å²) in [4.78, 5) is 34.9. The number of hydrogen-bond donors (Lipinski definition) is 4. The Morgan fingerprint density at radius 1 is 1.12 bits per heavy atom. The van der Waals surface area contributed by atoms with Gasteiger partial charge in [-0.25, -0.2) is 4.79 Å². The number of carbonyl (C=O) groups excluding carboxylic acids is 3. The third-order valence-corrected chi connectivity index (χ3v) is 3.31. The number of rotatable bonds is 9. The Kier molecular flexibility index (Phi) is 9.23. The van der Waals surface area contributed by atoms with Gasteiger partial charge in [-0.15, -0.1) is 6.42 Å². The van der Waals surface area contributed by atoms with E-state index in [0.717, 1.165) is 5.56 Å². The second kappa shape index (κ2) is 11.5. The summed E-state index contributed by atoms with van der Waals surface area (Å²) in [5.41, 5.74) is 0.976. The Hall–Kier alpha value is -3.01. The second-order valence-corrected chi connectivity index (χ2v) is 5.41. The highest BCUT2D eigenvalue weighted by Gasteiger charge is 2.18. The van der Waals surface area contributed by atoms with Gasteiger partial charge in [-0.3, -0.25) is 9.59 Å². The maximum atomic E-state index is 12.3. The Morgan fingerprint density at radius 3 is 2.48 bits per heavy atom. The van der Waals surface area contributed by atoms with E-state index in [0.29, 0.717) is 25.9 Å². The van der Waals surface area contributed by atoms with Crippen molar-refractivity contribution in [1.29, 1.82) is 0 Å². The smallest absolute Gasteiger partial charge is 0.315 e. The number of nitrogens with one attached hydrogen (secondary N) is 4. The first kappa shape index (κ1) is 20.0. The molecule has 7 heteroatoms. The van der Waals surface area contributed by atoms with Gasteiger partial charge in [0.2, 0.25) is 11.8 Å². The van der Waals surface area contributed by atoms with Crippen LogP contribution in [0.25, 0.3) is 0 Å². The quantitative estimate of drug-likeness (QED) is 0.388. The number of terminal acetylenes is 1. The highest BCUT2D eigenvalue weighted by molar-refractivity contribution is 5.86. The molecule has 0 bridgehead atoms. The lowest BCUT2D eigenvalue weighted by molar-refractivity contribution is -0.128. The van der Waals surface area contributed by atoms with Gasteiger partial charge in [0.1, 0.15) is 6.04 Å². The molecule has 0 aromatic heterocycles. The monoisotopic (exact) mass is 344 g/mol. The third kappa shape index (κ3) is 9.01. The normalized spacial score (nSPS) is 10.9. The van der Waals surface area contributed by atoms with Crippen LogP contribution in [0.15, 0.2) is 30.3 Å². The molecule has 1 aromatic rings. The molecule has 0 aliphatic carbocycles. The largest absolute Gasteiger partial charge is 0.350 e. The molecule has 0 unspecified atom stereocenters. The van der Waals surface area contributed by atoms with Gasteiger partial charge < -0.3 is 21.3 Å². The van der Waals surface area contributed by atoms with Crippen molar-refractivity contribution in [3.05, 3.63) is 35.9 Å². The molecule has 0 saturated heterocycles. The molecular formula is C18H24N4O3. The fourth-order valence-electron chi connectivity index (χ4n) is 2.12. The average Bonchev–Trinajstić information content (AvgIpc) is 2.61. The lowest BCUT2D eigenvalue weighted by Gasteiger charge is -2.18. The predicted octanol–water partition coefficient (Wildman–Crippen LogP) is 0.520. The van der Waals surface area contributed by atoms with Gasteiger partial charge in [-0.2, -0.15) is 0 Å². The van der Waals surface area contributed by atoms with E-state index in [-0.39, 0.29) is 24.4 Å². The molecule has 7 nitrogen and oxygen atoms in total. The van der Waals surface area contributed by atoms with Gasteiger partial charge in [0.25, 0.3) is 0 Å². The maximum absolute atomic E-state index is 12.3. The summed E-state index contributed by atoms with van der Waals surface area (Å²) < 4.78 is 0. The van der Waals surface area contributed by atoms with Crippen molar-refractivity contribution in [1.82, 2.24) is 21.3 Å². The lowest BCUT2D eigenvalue weighted by atomic mass is 10.1. The van der Waals surface area contributed by atoms with Gasteiger partial charge in [-0.05, 0) is 18.4 Å². The second-order valence-electron chi connectivity index (χ2n) is 5.41. The summed E-state index contributed by atoms with van der Waals surface area (Å²) in [5, 5.41) is 10.6. The maximum Gasteiger partial charge on any atom is 0.315 e. The summed E-state index contributed by atoms with van der Waals surface area (Å²) in [6.07, 6.45) is 5.99. The van der Waals surface area contributed by atoms with Crippen LogP contribution in [0.4, 0.5) is 4.79 Å². The molecular weight excluding hydrogens is 320 g/mol. The van der Waals surface area contributed by atoms with Crippen LogP contribution in [-0.2, 0) is 16.1 Å². The minimum Gasteiger partial charge on any atom is -0.350 e. The standard InChI is InChI=1S/C18H24N4O3/c1-3-11-19-18(25)20-12-7-10-16(22-14(2)23)17(24)21-13-15-8-5-4-6-9-15/h1,4-6,8-9,16H,7,10-13H2,2H3,(H,21,24)(H,22,23)(H2,19,20,25)/t16-/m0/s1. The zero-order valence-electron chi connectivity index (χ0n) is 14.3. The first-order valence-electron chi connectivity index (χ1n) is 8.07. The van der Waals surface area contributed by atoms with Crippen LogP contribution in [0.1, 0.15) is 25.3 Å². The first-order valence-corrected chi connectivity index (χ1v) is 8.07. The first-order chi connectivity index (χ1) is 12.0. The van der Waals surface area contributed by atoms with Crippen molar-refractivity contribution < 1.29 is 14.4 Å². The van der Waals surface area contributed by atoms with Gasteiger partial charge in [0, 0.05) is 20.0 Å². The number of benzene rings is 1. The highest BCUT2D eigenvalue weighted by Crippen LogP contribution is 2.01. The molecule has 0 heterocycles. The molecule has 1 aromatic carbocycles. The summed E-state index contributed by atoms with van der Waals surface area (Å²) in [6.45, 7) is 2.28. The molecule has 0 saturated carbocycles. The van der Waals surface area contributed by atoms with E-state index in [9.17, 15) is 14.4 Å². The molecule has 0 spiro atoms. The molecule has 0 fully saturated rings. The Morgan fingerprint density at radius 2 is 1.84 bits per heavy atom. The van der Waals surface area contributed by atoms with Crippen molar-refractivity contribution in [2.75, 3.05) is 13.1 Å². The van der Waals surface area contributed by atoms with Crippen molar-refractivity contribution in [3.63, 3.8) is 0 Å². The van der Waals surface area contributed by atoms with Crippen LogP contribution in [0.3, 0.4) is 0 Å². The van der Waals surface area contributed by atoms with Crippen LogP contribution in [0.5, 0.6) is 0 Å². The fraction of sp³-hybridized carbons (Fsp3) is 0.389. The van der Waals surface area contributed by atoms with E-state index in [1.165, 1.54) is 6.92 Å². The zero-order valence-corrected chi connectivity index (χ0v) is 14.3. The van der Waals surface area contributed by atoms with Gasteiger partial charge in [0.15, 0.2) is 0 Å². The van der Waals surface area contributed by atoms with Crippen molar-refractivity contribution in [3.8, 4) is 12.3 Å². The highest BCUT2D eigenvalue weighted by atomic mass is 16.2. The van der Waals surface area contributed by atoms with Crippen LogP contribution < -0.4 is 21.3 Å². The number of amides is 4. The molecule has 1 rings (SSSR count). The molecule has 0 aliphatic rings. The van der Waals surface area contributed by atoms with Crippen molar-refractivity contribution in [2.45, 2.75) is 32.4 Å². The van der Waals surface area contributed by atoms with Gasteiger partial charge >= 0.3 is 6.03 Å². The minimum absolute atomic E-state index is 0.155. The van der Waals surface area contributed by atoms with Crippen LogP contribution in [-0.4, -0.2) is 37.0 Å². The Labute approximate surface area is 147 Å². The number of carbonyl (C=O) groups is 3. The minimum atomic E-state index is -0.642. The van der Waals surface area contributed by atoms with Crippen LogP contribution in [0.2, 0.25) is 0 Å². The average molecular weight is 344 g/mol. The summed E-state index contributed by atoms with van der Waals surface area (Å²) in [7, 11) is 0. The summed E-state index contributed by atoms with van der Waals surface area (Å²) >= 11 is 0. The molecule has 4 amide bonds. The van der Waals surface area contributed by atoms with E-state index < -0.39 is 6.04 Å². The van der Waals surface area contributed by atoms with Gasteiger partial charge in [-0.1, -0.05) is 36.3 Å². The summed E-state index contributed by atoms with van der Waals surface area (Å²) in [6, 6.07) is 8.50. The molecule has 25 heavy (non-hydrogen) atoms. The topological polar surface area (TPSA) is 99.3 Å². The number of hydrogen-bond acceptors (Lipinski definition) is 3. The fourth-order valence-corrected chi connectivity index (χ4v) is 2.12. The lowest BCUT2D eigenvalue weighted by Crippen LogP contribution is -2.46. The van der Waals surface area contributed by atoms with Crippen molar-refractivity contribution in [2.24, 2.45) is 0 Å². The van der Waals surface area contributed by atoms with Crippen LogP contribution in [0, 0.1) is 12.3 Å². The van der Waals surface area contributed by atoms with E-state index in [2.05, 4.69) is 27.2 Å². The molecule has 0 aliphatic heterocycles. The molecule has 1 atom stereocenters. The SMILES string of the molecule is C#CCNC(=O)NCCC[C@H](NC(C)=O)C(=O)NCc1ccccc1. The summed E-state index contributed by atoms with van der Waals surface area (Å²) in [5.74, 6) is 1.77. The van der Waals surface area contributed by atoms with Gasteiger partial charge in [0.05, 0.1) is 6.54 Å². The Balaban J connectivity index is 2.39. The van der Waals surface area contributed by atoms with Crippen LogP contribution >= 0.6 is 0 Å². The van der Waals surface area contributed by atoms with E-state index in [4.69, 9.17) is 6.42 Å². The van der Waals surface area contributed by atoms with E-state index in [1.807, 2.05) is 30.3 Å². The van der Waals surface area contributed by atoms with E-state index in [1.54, 1.807) is 0 Å². The molecule has 4 N–H and O–H groups in total. The Bertz CT molecular complexity index is 610. The predicted molar refractivity (Wildman–Crippen MR) is 95.4 cm³/mol. The zero-order chi connectivity index (χ0) is 18.5. The van der Waals surface area contributed by atoms with Crippen molar-refractivity contribution >= 4 is 17.8 Å². The van der Waals surface area contributed by atoms with E-state index >= 15 is 0 Å². The molecule has 134 valence electrons. The third-order valence-electron chi connectivity index (χ3n) is 3.31.